The summed E-state index contributed by atoms with van der Waals surface area (Å²) in [6.07, 6.45) is 79.0. The van der Waals surface area contributed by atoms with Crippen molar-refractivity contribution in [2.45, 2.75) is 252 Å². The van der Waals surface area contributed by atoms with Crippen molar-refractivity contribution >= 4 is 17.9 Å². The van der Waals surface area contributed by atoms with Gasteiger partial charge in [-0.05, 0) is 122 Å². The minimum atomic E-state index is -0.800. The Bertz CT molecular complexity index is 1490. The van der Waals surface area contributed by atoms with E-state index in [1.54, 1.807) is 0 Å². The van der Waals surface area contributed by atoms with E-state index in [1.807, 2.05) is 0 Å². The molecule has 0 amide bonds. The maximum atomic E-state index is 12.8. The zero-order valence-electron chi connectivity index (χ0n) is 45.2. The topological polar surface area (TPSA) is 78.9 Å². The molecule has 1 atom stereocenters. The van der Waals surface area contributed by atoms with Gasteiger partial charge in [0.05, 0.1) is 0 Å². The fraction of sp³-hybridized carbons (Fsp3) is 0.641. The molecule has 0 aromatic heterocycles. The van der Waals surface area contributed by atoms with Gasteiger partial charge in [0.1, 0.15) is 13.2 Å². The fourth-order valence-electron chi connectivity index (χ4n) is 7.36. The van der Waals surface area contributed by atoms with E-state index in [2.05, 4.69) is 142 Å². The molecule has 0 spiro atoms. The second-order valence-electron chi connectivity index (χ2n) is 18.5. The van der Waals surface area contributed by atoms with Crippen LogP contribution < -0.4 is 0 Å². The number of hydrogen-bond acceptors (Lipinski definition) is 6. The van der Waals surface area contributed by atoms with E-state index in [-0.39, 0.29) is 31.1 Å². The standard InChI is InChI=1S/C64H104O6/c1-4-7-10-13-16-19-22-24-26-27-28-29-30-31-32-33-34-35-36-37-38-40-42-45-48-51-54-57-63(66)69-60-61(59-68-62(65)56-53-50-47-44-41-21-18-15-12-9-6-3)70-64(67)58-55-52-49-46-43-39-25-23-20-17-14-11-8-5-2/h7,10,14-19,23-26,28-29,31-32,34-35,37-38,61H,4-6,8-9,11-13,20-22,27,30,33,36,39-60H2,1-3H3/b10-7-,17-14-,18-15-,19-16-,25-23-,26-24-,29-28-,32-31-,35-34-,38-37-. The van der Waals surface area contributed by atoms with E-state index < -0.39 is 6.10 Å². The van der Waals surface area contributed by atoms with Crippen molar-refractivity contribution in [3.8, 4) is 0 Å². The summed E-state index contributed by atoms with van der Waals surface area (Å²) in [6.45, 7) is 6.40. The summed E-state index contributed by atoms with van der Waals surface area (Å²) in [5, 5.41) is 0. The number of ether oxygens (including phenoxy) is 3. The Morgan fingerprint density at radius 1 is 0.300 bits per heavy atom. The average molecular weight is 970 g/mol. The SMILES string of the molecule is CC/C=C\C/C=C\C/C=C\C/C=C\C/C=C\C/C=C\C/C=C\CCCCCCCC(=O)OCC(COC(=O)CCCCCCC/C=C\CCCC)OC(=O)CCCCCCC/C=C\C/C=C\CCCC. The van der Waals surface area contributed by atoms with Gasteiger partial charge in [0, 0.05) is 19.3 Å². The van der Waals surface area contributed by atoms with Crippen LogP contribution in [0.1, 0.15) is 245 Å². The third-order valence-electron chi connectivity index (χ3n) is 11.7. The largest absolute Gasteiger partial charge is 0.462 e. The summed E-state index contributed by atoms with van der Waals surface area (Å²) in [5.74, 6) is -0.944. The summed E-state index contributed by atoms with van der Waals surface area (Å²) in [7, 11) is 0. The van der Waals surface area contributed by atoms with Crippen molar-refractivity contribution < 1.29 is 28.6 Å². The van der Waals surface area contributed by atoms with Gasteiger partial charge in [-0.3, -0.25) is 14.4 Å². The molecule has 70 heavy (non-hydrogen) atoms. The molecule has 0 aromatic rings. The lowest BCUT2D eigenvalue weighted by atomic mass is 10.1. The van der Waals surface area contributed by atoms with Gasteiger partial charge in [0.15, 0.2) is 6.10 Å². The fourth-order valence-corrected chi connectivity index (χ4v) is 7.36. The summed E-state index contributed by atoms with van der Waals surface area (Å²) in [4.78, 5) is 38.1. The van der Waals surface area contributed by atoms with Crippen LogP contribution in [0.4, 0.5) is 0 Å². The van der Waals surface area contributed by atoms with Gasteiger partial charge in [-0.2, -0.15) is 0 Å². The molecule has 0 radical (unpaired) electrons. The molecule has 0 bridgehead atoms. The first kappa shape index (κ1) is 65.8. The summed E-state index contributed by atoms with van der Waals surface area (Å²) in [6, 6.07) is 0. The van der Waals surface area contributed by atoms with Crippen LogP contribution in [0.15, 0.2) is 122 Å². The molecule has 0 rings (SSSR count). The van der Waals surface area contributed by atoms with E-state index in [1.165, 1.54) is 44.9 Å². The first-order chi connectivity index (χ1) is 34.5. The molecular weight excluding hydrogens is 865 g/mol. The molecule has 0 fully saturated rings. The Labute approximate surface area is 431 Å². The number of carbonyl (C=O) groups excluding carboxylic acids is 3. The number of rotatable bonds is 50. The van der Waals surface area contributed by atoms with Gasteiger partial charge in [0.2, 0.25) is 0 Å². The highest BCUT2D eigenvalue weighted by Gasteiger charge is 2.19. The maximum Gasteiger partial charge on any atom is 0.306 e. The number of unbranched alkanes of at least 4 members (excludes halogenated alkanes) is 19. The first-order valence-electron chi connectivity index (χ1n) is 28.5. The van der Waals surface area contributed by atoms with Gasteiger partial charge in [-0.1, -0.05) is 226 Å². The molecule has 396 valence electrons. The zero-order chi connectivity index (χ0) is 50.7. The van der Waals surface area contributed by atoms with Crippen LogP contribution in [-0.2, 0) is 28.6 Å². The minimum Gasteiger partial charge on any atom is -0.462 e. The molecule has 0 aromatic carbocycles. The highest BCUT2D eigenvalue weighted by Crippen LogP contribution is 2.13. The molecule has 6 nitrogen and oxygen atoms in total. The predicted octanol–water partition coefficient (Wildman–Crippen LogP) is 19.3. The number of esters is 3. The Morgan fingerprint density at radius 3 is 0.886 bits per heavy atom. The molecule has 0 N–H and O–H groups in total. The molecule has 0 heterocycles. The van der Waals surface area contributed by atoms with Crippen LogP contribution in [0.25, 0.3) is 0 Å². The van der Waals surface area contributed by atoms with Gasteiger partial charge in [-0.15, -0.1) is 0 Å². The van der Waals surface area contributed by atoms with E-state index in [9.17, 15) is 14.4 Å². The summed E-state index contributed by atoms with van der Waals surface area (Å²) < 4.78 is 16.8. The van der Waals surface area contributed by atoms with Crippen LogP contribution in [0.2, 0.25) is 0 Å². The average Bonchev–Trinajstić information content (AvgIpc) is 3.36. The highest BCUT2D eigenvalue weighted by molar-refractivity contribution is 5.71. The third-order valence-corrected chi connectivity index (χ3v) is 11.7. The lowest BCUT2D eigenvalue weighted by molar-refractivity contribution is -0.167. The van der Waals surface area contributed by atoms with E-state index >= 15 is 0 Å². The van der Waals surface area contributed by atoms with Crippen molar-refractivity contribution in [1.82, 2.24) is 0 Å². The maximum absolute atomic E-state index is 12.8. The second kappa shape index (κ2) is 57.4. The van der Waals surface area contributed by atoms with Gasteiger partial charge in [0.25, 0.3) is 0 Å². The van der Waals surface area contributed by atoms with E-state index in [0.717, 1.165) is 161 Å². The van der Waals surface area contributed by atoms with Crippen molar-refractivity contribution in [2.75, 3.05) is 13.2 Å². The molecule has 0 aliphatic carbocycles. The van der Waals surface area contributed by atoms with E-state index in [0.29, 0.717) is 19.3 Å². The van der Waals surface area contributed by atoms with Gasteiger partial charge in [-0.25, -0.2) is 0 Å². The van der Waals surface area contributed by atoms with Crippen LogP contribution in [-0.4, -0.2) is 37.2 Å². The van der Waals surface area contributed by atoms with E-state index in [4.69, 9.17) is 14.2 Å². The van der Waals surface area contributed by atoms with Crippen molar-refractivity contribution in [2.24, 2.45) is 0 Å². The number of hydrogen-bond donors (Lipinski definition) is 0. The molecular formula is C64H104O6. The first-order valence-corrected chi connectivity index (χ1v) is 28.5. The molecule has 6 heteroatoms. The summed E-state index contributed by atoms with van der Waals surface area (Å²) >= 11 is 0. The van der Waals surface area contributed by atoms with Crippen molar-refractivity contribution in [3.63, 3.8) is 0 Å². The highest BCUT2D eigenvalue weighted by atomic mass is 16.6. The Hall–Kier alpha value is -4.19. The monoisotopic (exact) mass is 969 g/mol. The van der Waals surface area contributed by atoms with Crippen molar-refractivity contribution in [3.05, 3.63) is 122 Å². The lowest BCUT2D eigenvalue weighted by Gasteiger charge is -2.18. The predicted molar refractivity (Wildman–Crippen MR) is 302 cm³/mol. The van der Waals surface area contributed by atoms with Gasteiger partial charge >= 0.3 is 17.9 Å². The quantitative estimate of drug-likeness (QED) is 0.0262. The molecule has 0 aliphatic rings. The van der Waals surface area contributed by atoms with Gasteiger partial charge < -0.3 is 14.2 Å². The molecule has 1 unspecified atom stereocenters. The smallest absolute Gasteiger partial charge is 0.306 e. The molecule has 0 saturated carbocycles. The molecule has 0 saturated heterocycles. The van der Waals surface area contributed by atoms with Crippen LogP contribution in [0.3, 0.4) is 0 Å². The van der Waals surface area contributed by atoms with Crippen molar-refractivity contribution in [1.29, 1.82) is 0 Å². The Morgan fingerprint density at radius 2 is 0.557 bits per heavy atom. The second-order valence-corrected chi connectivity index (χ2v) is 18.5. The minimum absolute atomic E-state index is 0.0971. The number of allylic oxidation sites excluding steroid dienone is 20. The lowest BCUT2D eigenvalue weighted by Crippen LogP contribution is -2.30. The summed E-state index contributed by atoms with van der Waals surface area (Å²) in [5.41, 5.74) is 0. The van der Waals surface area contributed by atoms with Crippen LogP contribution >= 0.6 is 0 Å². The third kappa shape index (κ3) is 54.7. The Kier molecular flexibility index (Phi) is 54.0. The molecule has 0 aliphatic heterocycles. The zero-order valence-corrected chi connectivity index (χ0v) is 45.2. The number of carbonyl (C=O) groups is 3. The Balaban J connectivity index is 4.36. The normalized spacial score (nSPS) is 13.0. The van der Waals surface area contributed by atoms with Crippen LogP contribution in [0, 0.1) is 0 Å². The van der Waals surface area contributed by atoms with Crippen LogP contribution in [0.5, 0.6) is 0 Å².